The second-order valence-corrected chi connectivity index (χ2v) is 7.06. The highest BCUT2D eigenvalue weighted by molar-refractivity contribution is 5.96. The van der Waals surface area contributed by atoms with Crippen LogP contribution in [-0.2, 0) is 11.3 Å². The molecule has 166 valence electrons. The number of furan rings is 1. The third kappa shape index (κ3) is 4.51. The highest BCUT2D eigenvalue weighted by Crippen LogP contribution is 2.22. The molecule has 1 saturated heterocycles. The molecular formula is C21H19F2N5O4. The third-order valence-electron chi connectivity index (χ3n) is 4.93. The van der Waals surface area contributed by atoms with Crippen molar-refractivity contribution < 1.29 is 22.8 Å². The Morgan fingerprint density at radius 3 is 2.69 bits per heavy atom. The van der Waals surface area contributed by atoms with Crippen LogP contribution in [0, 0.1) is 11.6 Å². The average Bonchev–Trinajstić information content (AvgIpc) is 3.42. The Morgan fingerprint density at radius 1 is 1.09 bits per heavy atom. The van der Waals surface area contributed by atoms with E-state index in [0.717, 1.165) is 12.1 Å². The van der Waals surface area contributed by atoms with Crippen molar-refractivity contribution in [1.82, 2.24) is 20.0 Å². The fourth-order valence-corrected chi connectivity index (χ4v) is 3.32. The van der Waals surface area contributed by atoms with Gasteiger partial charge >= 0.3 is 6.03 Å². The Balaban J connectivity index is 1.30. The Morgan fingerprint density at radius 2 is 1.94 bits per heavy atom. The van der Waals surface area contributed by atoms with Gasteiger partial charge in [0.2, 0.25) is 5.91 Å². The molecule has 1 N–H and O–H groups in total. The van der Waals surface area contributed by atoms with E-state index in [4.69, 9.17) is 4.42 Å². The van der Waals surface area contributed by atoms with Crippen LogP contribution in [0.2, 0.25) is 0 Å². The molecule has 0 radical (unpaired) electrons. The number of aromatic nitrogens is 2. The van der Waals surface area contributed by atoms with Gasteiger partial charge in [0.05, 0.1) is 12.8 Å². The molecule has 2 aromatic heterocycles. The molecule has 0 spiro atoms. The molecule has 3 heterocycles. The zero-order valence-electron chi connectivity index (χ0n) is 16.8. The van der Waals surface area contributed by atoms with Crippen LogP contribution in [0.25, 0.3) is 11.5 Å². The first-order valence-electron chi connectivity index (χ1n) is 9.82. The Bertz CT molecular complexity index is 1200. The van der Waals surface area contributed by atoms with Crippen LogP contribution < -0.4 is 15.8 Å². The second-order valence-electron chi connectivity index (χ2n) is 7.06. The van der Waals surface area contributed by atoms with Crippen LogP contribution in [0.3, 0.4) is 0 Å². The summed E-state index contributed by atoms with van der Waals surface area (Å²) in [6.45, 7) is 0.567. The maximum atomic E-state index is 13.5. The number of nitrogens with zero attached hydrogens (tertiary/aromatic N) is 4. The van der Waals surface area contributed by atoms with Gasteiger partial charge in [0, 0.05) is 37.5 Å². The van der Waals surface area contributed by atoms with Gasteiger partial charge < -0.3 is 14.6 Å². The van der Waals surface area contributed by atoms with Crippen molar-refractivity contribution >= 4 is 17.6 Å². The van der Waals surface area contributed by atoms with Crippen LogP contribution in [-0.4, -0.2) is 52.8 Å². The van der Waals surface area contributed by atoms with Gasteiger partial charge in [0.15, 0.2) is 17.4 Å². The van der Waals surface area contributed by atoms with Crippen LogP contribution in [0.4, 0.5) is 19.3 Å². The highest BCUT2D eigenvalue weighted by Gasteiger charge is 2.31. The molecule has 0 saturated carbocycles. The predicted octanol–water partition coefficient (Wildman–Crippen LogP) is 1.84. The van der Waals surface area contributed by atoms with Crippen LogP contribution >= 0.6 is 0 Å². The first kappa shape index (κ1) is 21.2. The van der Waals surface area contributed by atoms with E-state index in [0.29, 0.717) is 11.5 Å². The maximum absolute atomic E-state index is 13.5. The minimum atomic E-state index is -1.05. The number of amides is 3. The van der Waals surface area contributed by atoms with Gasteiger partial charge in [-0.3, -0.25) is 14.5 Å². The second kappa shape index (κ2) is 9.00. The summed E-state index contributed by atoms with van der Waals surface area (Å²) < 4.78 is 33.1. The number of hydrogen-bond donors (Lipinski definition) is 1. The molecule has 3 aromatic rings. The summed E-state index contributed by atoms with van der Waals surface area (Å²) in [5.41, 5.74) is 0.381. The van der Waals surface area contributed by atoms with Crippen LogP contribution in [0.15, 0.2) is 57.9 Å². The lowest BCUT2D eigenvalue weighted by atomic mass is 10.3. The first-order valence-corrected chi connectivity index (χ1v) is 9.82. The van der Waals surface area contributed by atoms with E-state index in [1.165, 1.54) is 32.9 Å². The summed E-state index contributed by atoms with van der Waals surface area (Å²) in [6.07, 6.45) is 1.50. The van der Waals surface area contributed by atoms with Crippen LogP contribution in [0.1, 0.15) is 0 Å². The monoisotopic (exact) mass is 443 g/mol. The van der Waals surface area contributed by atoms with E-state index >= 15 is 0 Å². The number of carbonyl (C=O) groups excluding carboxylic acids is 2. The van der Waals surface area contributed by atoms with E-state index in [9.17, 15) is 23.2 Å². The zero-order chi connectivity index (χ0) is 22.7. The van der Waals surface area contributed by atoms with Crippen molar-refractivity contribution in [2.45, 2.75) is 6.54 Å². The minimum absolute atomic E-state index is 0.127. The lowest BCUT2D eigenvalue weighted by molar-refractivity contribution is -0.121. The fraction of sp³-hybridized carbons (Fsp3) is 0.238. The normalized spacial score (nSPS) is 13.6. The van der Waals surface area contributed by atoms with Crippen LogP contribution in [0.5, 0.6) is 0 Å². The number of nitrogens with one attached hydrogen (secondary N) is 1. The summed E-state index contributed by atoms with van der Waals surface area (Å²) in [5, 5.41) is 6.86. The minimum Gasteiger partial charge on any atom is -0.463 e. The number of rotatable bonds is 7. The van der Waals surface area contributed by atoms with Gasteiger partial charge in [-0.05, 0) is 30.3 Å². The Labute approximate surface area is 180 Å². The lowest BCUT2D eigenvalue weighted by Crippen LogP contribution is -2.41. The molecule has 0 bridgehead atoms. The smallest absolute Gasteiger partial charge is 0.325 e. The topological polar surface area (TPSA) is 101 Å². The number of urea groups is 1. The molecule has 0 aliphatic carbocycles. The molecular weight excluding hydrogens is 424 g/mol. The number of hydrogen-bond acceptors (Lipinski definition) is 5. The van der Waals surface area contributed by atoms with Gasteiger partial charge in [-0.2, -0.15) is 5.10 Å². The molecule has 9 nitrogen and oxygen atoms in total. The SMILES string of the molecule is O=C(CN1CCN(c2ccc(F)c(F)c2)C1=O)NCCn1nc(-c2ccco2)ccc1=O. The van der Waals surface area contributed by atoms with Crippen molar-refractivity contribution in [2.75, 3.05) is 31.1 Å². The standard InChI is InChI=1S/C21H19F2N5O4/c22-15-4-3-14(12-16(15)23)27-10-9-26(21(27)31)13-19(29)24-7-8-28-20(30)6-5-17(25-28)18-2-1-11-32-18/h1-6,11-12H,7-10,13H2,(H,24,29). The molecule has 32 heavy (non-hydrogen) atoms. The van der Waals surface area contributed by atoms with Crippen molar-refractivity contribution in [3.05, 3.63) is 70.7 Å². The summed E-state index contributed by atoms with van der Waals surface area (Å²) in [4.78, 5) is 39.4. The molecule has 0 unspecified atom stereocenters. The van der Waals surface area contributed by atoms with E-state index in [-0.39, 0.29) is 44.0 Å². The Kier molecular flexibility index (Phi) is 5.97. The number of halogens is 2. The molecule has 4 rings (SSSR count). The molecule has 1 aliphatic rings. The summed E-state index contributed by atoms with van der Waals surface area (Å²) >= 11 is 0. The van der Waals surface area contributed by atoms with E-state index in [1.54, 1.807) is 18.2 Å². The van der Waals surface area contributed by atoms with Gasteiger partial charge in [-0.15, -0.1) is 0 Å². The lowest BCUT2D eigenvalue weighted by Gasteiger charge is -2.18. The predicted molar refractivity (Wildman–Crippen MR) is 110 cm³/mol. The Hall–Kier alpha value is -4.02. The number of carbonyl (C=O) groups is 2. The third-order valence-corrected chi connectivity index (χ3v) is 4.93. The average molecular weight is 443 g/mol. The quantitative estimate of drug-likeness (QED) is 0.601. The van der Waals surface area contributed by atoms with E-state index < -0.39 is 23.6 Å². The van der Waals surface area contributed by atoms with Gasteiger partial charge in [0.25, 0.3) is 5.56 Å². The molecule has 11 heteroatoms. The zero-order valence-corrected chi connectivity index (χ0v) is 16.8. The van der Waals surface area contributed by atoms with Gasteiger partial charge in [-0.1, -0.05) is 0 Å². The molecule has 1 aromatic carbocycles. The van der Waals surface area contributed by atoms with Gasteiger partial charge in [-0.25, -0.2) is 18.3 Å². The van der Waals surface area contributed by atoms with Crippen molar-refractivity contribution in [3.8, 4) is 11.5 Å². The number of benzene rings is 1. The fourth-order valence-electron chi connectivity index (χ4n) is 3.32. The summed E-state index contributed by atoms with van der Waals surface area (Å²) in [6, 6.07) is 9.06. The van der Waals surface area contributed by atoms with Crippen molar-refractivity contribution in [3.63, 3.8) is 0 Å². The highest BCUT2D eigenvalue weighted by atomic mass is 19.2. The molecule has 3 amide bonds. The van der Waals surface area contributed by atoms with Gasteiger partial charge in [0.1, 0.15) is 12.2 Å². The first-order chi connectivity index (χ1) is 15.4. The van der Waals surface area contributed by atoms with Crippen molar-refractivity contribution in [1.29, 1.82) is 0 Å². The van der Waals surface area contributed by atoms with E-state index in [1.807, 2.05) is 0 Å². The largest absolute Gasteiger partial charge is 0.463 e. The van der Waals surface area contributed by atoms with E-state index in [2.05, 4.69) is 10.4 Å². The maximum Gasteiger partial charge on any atom is 0.325 e. The summed E-state index contributed by atoms with van der Waals surface area (Å²) in [7, 11) is 0. The molecule has 1 fully saturated rings. The molecule has 1 aliphatic heterocycles. The summed E-state index contributed by atoms with van der Waals surface area (Å²) in [5.74, 6) is -1.95. The molecule has 0 atom stereocenters. The van der Waals surface area contributed by atoms with Crippen molar-refractivity contribution in [2.24, 2.45) is 0 Å². The number of anilines is 1.